The fraction of sp³-hybridized carbons (Fsp3) is 0.667. The van der Waals surface area contributed by atoms with E-state index in [2.05, 4.69) is 49.2 Å². The highest BCUT2D eigenvalue weighted by Crippen LogP contribution is 2.29. The summed E-state index contributed by atoms with van der Waals surface area (Å²) < 4.78 is 0. The van der Waals surface area contributed by atoms with Crippen LogP contribution >= 0.6 is 0 Å². The molecule has 0 spiro atoms. The number of rotatable bonds is 4. The highest BCUT2D eigenvalue weighted by atomic mass is 15.1. The summed E-state index contributed by atoms with van der Waals surface area (Å²) >= 11 is 0. The quantitative estimate of drug-likeness (QED) is 0.727. The van der Waals surface area contributed by atoms with E-state index in [4.69, 9.17) is 0 Å². The van der Waals surface area contributed by atoms with Crippen LogP contribution in [-0.2, 0) is 6.54 Å². The average Bonchev–Trinajstić information content (AvgIpc) is 2.50. The van der Waals surface area contributed by atoms with Gasteiger partial charge in [-0.3, -0.25) is 4.90 Å². The van der Waals surface area contributed by atoms with Gasteiger partial charge in [0, 0.05) is 12.6 Å². The first-order valence-electron chi connectivity index (χ1n) is 8.03. The molecule has 1 saturated carbocycles. The van der Waals surface area contributed by atoms with Crippen molar-refractivity contribution in [1.29, 1.82) is 0 Å². The Bertz CT molecular complexity index is 312. The normalized spacial score (nSPS) is 22.8. The zero-order chi connectivity index (χ0) is 14.1. The molecule has 1 heteroatoms. The minimum absolute atomic E-state index is 0.804. The van der Waals surface area contributed by atoms with Crippen LogP contribution in [0.5, 0.6) is 0 Å². The Balaban J connectivity index is 0.000000861. The van der Waals surface area contributed by atoms with Crippen LogP contribution in [-0.4, -0.2) is 18.0 Å². The van der Waals surface area contributed by atoms with Crippen molar-refractivity contribution in [2.45, 2.75) is 65.5 Å². The zero-order valence-corrected chi connectivity index (χ0v) is 13.2. The molecule has 1 fully saturated rings. The smallest absolute Gasteiger partial charge is 0.0233 e. The molecule has 1 nitrogen and oxygen atoms in total. The summed E-state index contributed by atoms with van der Waals surface area (Å²) in [7, 11) is 2.28. The lowest BCUT2D eigenvalue weighted by molar-refractivity contribution is 0.157. The van der Waals surface area contributed by atoms with Crippen LogP contribution in [0.2, 0.25) is 0 Å². The molecule has 0 amide bonds. The Kier molecular flexibility index (Phi) is 7.81. The summed E-state index contributed by atoms with van der Waals surface area (Å²) in [6, 6.07) is 11.6. The van der Waals surface area contributed by atoms with Gasteiger partial charge in [-0.1, -0.05) is 57.5 Å². The molecule has 1 aromatic carbocycles. The van der Waals surface area contributed by atoms with Crippen LogP contribution in [0, 0.1) is 5.92 Å². The molecule has 0 bridgehead atoms. The number of nitrogens with zero attached hydrogens (tertiary/aromatic N) is 1. The number of hydrogen-bond donors (Lipinski definition) is 0. The maximum atomic E-state index is 2.54. The van der Waals surface area contributed by atoms with Crippen LogP contribution in [0.1, 0.15) is 58.4 Å². The molecule has 1 aliphatic rings. The van der Waals surface area contributed by atoms with Crippen molar-refractivity contribution in [1.82, 2.24) is 4.90 Å². The maximum Gasteiger partial charge on any atom is 0.0233 e. The lowest BCUT2D eigenvalue weighted by atomic mass is 9.84. The third-order valence-electron chi connectivity index (χ3n) is 4.29. The van der Waals surface area contributed by atoms with Gasteiger partial charge in [-0.15, -0.1) is 0 Å². The summed E-state index contributed by atoms with van der Waals surface area (Å²) in [6.07, 6.45) is 7.01. The van der Waals surface area contributed by atoms with Crippen molar-refractivity contribution in [3.05, 3.63) is 35.9 Å². The van der Waals surface area contributed by atoms with Gasteiger partial charge in [0.15, 0.2) is 0 Å². The monoisotopic (exact) mass is 261 g/mol. The fourth-order valence-corrected chi connectivity index (χ4v) is 2.99. The van der Waals surface area contributed by atoms with Crippen molar-refractivity contribution in [2.24, 2.45) is 5.92 Å². The molecule has 1 aliphatic carbocycles. The van der Waals surface area contributed by atoms with E-state index in [9.17, 15) is 0 Å². The van der Waals surface area contributed by atoms with Gasteiger partial charge in [-0.25, -0.2) is 0 Å². The van der Waals surface area contributed by atoms with E-state index in [1.165, 1.54) is 37.7 Å². The van der Waals surface area contributed by atoms with E-state index in [-0.39, 0.29) is 0 Å². The fourth-order valence-electron chi connectivity index (χ4n) is 2.99. The Hall–Kier alpha value is -0.820. The second kappa shape index (κ2) is 9.14. The van der Waals surface area contributed by atoms with Crippen LogP contribution in [0.25, 0.3) is 0 Å². The summed E-state index contributed by atoms with van der Waals surface area (Å²) in [5.41, 5.74) is 1.44. The number of benzene rings is 1. The molecule has 0 radical (unpaired) electrons. The highest BCUT2D eigenvalue weighted by molar-refractivity contribution is 5.14. The predicted octanol–water partition coefficient (Wildman–Crippen LogP) is 5.11. The summed E-state index contributed by atoms with van der Waals surface area (Å²) in [5, 5.41) is 0. The minimum atomic E-state index is 0.804. The molecule has 108 valence electrons. The second-order valence-corrected chi connectivity index (χ2v) is 5.48. The Morgan fingerprint density at radius 1 is 1.00 bits per heavy atom. The molecule has 0 atom stereocenters. The molecule has 0 heterocycles. The van der Waals surface area contributed by atoms with E-state index >= 15 is 0 Å². The number of hydrogen-bond acceptors (Lipinski definition) is 1. The van der Waals surface area contributed by atoms with Crippen molar-refractivity contribution in [3.63, 3.8) is 0 Å². The van der Waals surface area contributed by atoms with Crippen LogP contribution in [0.15, 0.2) is 30.3 Å². The van der Waals surface area contributed by atoms with Crippen molar-refractivity contribution in [2.75, 3.05) is 7.05 Å². The molecule has 0 aliphatic heterocycles. The Morgan fingerprint density at radius 2 is 1.58 bits per heavy atom. The molecule has 0 saturated heterocycles. The Morgan fingerprint density at radius 3 is 2.11 bits per heavy atom. The lowest BCUT2D eigenvalue weighted by Crippen LogP contribution is -2.34. The van der Waals surface area contributed by atoms with Gasteiger partial charge in [0.1, 0.15) is 0 Å². The molecule has 0 N–H and O–H groups in total. The topological polar surface area (TPSA) is 3.24 Å². The van der Waals surface area contributed by atoms with E-state index in [1.54, 1.807) is 0 Å². The third-order valence-corrected chi connectivity index (χ3v) is 4.29. The summed E-state index contributed by atoms with van der Waals surface area (Å²) in [6.45, 7) is 7.43. The van der Waals surface area contributed by atoms with Crippen LogP contribution < -0.4 is 0 Å². The second-order valence-electron chi connectivity index (χ2n) is 5.48. The van der Waals surface area contributed by atoms with Crippen molar-refractivity contribution < 1.29 is 0 Å². The lowest BCUT2D eigenvalue weighted by Gasteiger charge is -2.34. The van der Waals surface area contributed by atoms with Gasteiger partial charge in [-0.05, 0) is 44.2 Å². The van der Waals surface area contributed by atoms with Gasteiger partial charge in [0.25, 0.3) is 0 Å². The molecule has 0 unspecified atom stereocenters. The first-order valence-corrected chi connectivity index (χ1v) is 8.03. The van der Waals surface area contributed by atoms with E-state index in [0.29, 0.717) is 0 Å². The Labute approximate surface area is 120 Å². The molecule has 1 aromatic rings. The van der Waals surface area contributed by atoms with Gasteiger partial charge in [0.2, 0.25) is 0 Å². The van der Waals surface area contributed by atoms with Gasteiger partial charge in [0.05, 0.1) is 0 Å². The van der Waals surface area contributed by atoms with Gasteiger partial charge < -0.3 is 0 Å². The van der Waals surface area contributed by atoms with Gasteiger partial charge in [-0.2, -0.15) is 0 Å². The van der Waals surface area contributed by atoms with Crippen molar-refractivity contribution in [3.8, 4) is 0 Å². The van der Waals surface area contributed by atoms with Gasteiger partial charge >= 0.3 is 0 Å². The highest BCUT2D eigenvalue weighted by Gasteiger charge is 2.22. The molecular weight excluding hydrogens is 230 g/mol. The molecule has 0 aromatic heterocycles. The van der Waals surface area contributed by atoms with Crippen LogP contribution in [0.3, 0.4) is 0 Å². The van der Waals surface area contributed by atoms with Crippen LogP contribution in [0.4, 0.5) is 0 Å². The zero-order valence-electron chi connectivity index (χ0n) is 13.2. The first kappa shape index (κ1) is 16.2. The van der Waals surface area contributed by atoms with Crippen molar-refractivity contribution >= 4 is 0 Å². The largest absolute Gasteiger partial charge is 0.299 e. The summed E-state index contributed by atoms with van der Waals surface area (Å²) in [5.74, 6) is 0.997. The first-order chi connectivity index (χ1) is 9.29. The van der Waals surface area contributed by atoms with E-state index in [0.717, 1.165) is 18.5 Å². The average molecular weight is 261 g/mol. The predicted molar refractivity (Wildman–Crippen MR) is 85.3 cm³/mol. The SMILES string of the molecule is CC.CCC1CCC(N(C)Cc2ccccc2)CC1. The molecule has 2 rings (SSSR count). The standard InChI is InChI=1S/C16H25N.C2H6/c1-3-14-9-11-16(12-10-14)17(2)13-15-7-5-4-6-8-15;1-2/h4-8,14,16H,3,9-13H2,1-2H3;1-2H3. The summed E-state index contributed by atoms with van der Waals surface area (Å²) in [4.78, 5) is 2.54. The minimum Gasteiger partial charge on any atom is -0.299 e. The third kappa shape index (κ3) is 5.36. The maximum absolute atomic E-state index is 2.54. The molecule has 19 heavy (non-hydrogen) atoms. The van der Waals surface area contributed by atoms with E-state index < -0.39 is 0 Å². The molecular formula is C18H31N. The van der Waals surface area contributed by atoms with E-state index in [1.807, 2.05) is 13.8 Å².